The van der Waals surface area contributed by atoms with Crippen molar-refractivity contribution in [2.75, 3.05) is 10.0 Å². The van der Waals surface area contributed by atoms with Crippen LogP contribution in [0.4, 0.5) is 15.8 Å². The fourth-order valence-corrected chi connectivity index (χ4v) is 5.32. The number of halogens is 2. The van der Waals surface area contributed by atoms with Crippen LogP contribution in [0.15, 0.2) is 41.3 Å². The summed E-state index contributed by atoms with van der Waals surface area (Å²) in [6.45, 7) is 3.30. The molecule has 4 aromatic rings. The van der Waals surface area contributed by atoms with E-state index in [4.69, 9.17) is 11.6 Å². The summed E-state index contributed by atoms with van der Waals surface area (Å²) in [6, 6.07) is 8.56. The lowest BCUT2D eigenvalue weighted by molar-refractivity contribution is 0.101. The van der Waals surface area contributed by atoms with Crippen LogP contribution in [0.2, 0.25) is 5.02 Å². The number of sulfonamides is 1. The molecule has 9 nitrogen and oxygen atoms in total. The van der Waals surface area contributed by atoms with E-state index in [0.29, 0.717) is 33.7 Å². The van der Waals surface area contributed by atoms with E-state index in [1.54, 1.807) is 46.1 Å². The lowest BCUT2D eigenvalue weighted by atomic mass is 10.2. The first-order valence-electron chi connectivity index (χ1n) is 9.74. The van der Waals surface area contributed by atoms with Crippen LogP contribution in [0, 0.1) is 19.7 Å². The van der Waals surface area contributed by atoms with Crippen LogP contribution in [0.25, 0.3) is 10.9 Å². The van der Waals surface area contributed by atoms with E-state index in [1.165, 1.54) is 21.5 Å². The first-order valence-corrected chi connectivity index (χ1v) is 11.6. The van der Waals surface area contributed by atoms with E-state index in [1.807, 2.05) is 0 Å². The van der Waals surface area contributed by atoms with Crippen molar-refractivity contribution in [3.05, 3.63) is 64.3 Å². The molecule has 0 saturated carbocycles. The third kappa shape index (κ3) is 4.16. The summed E-state index contributed by atoms with van der Waals surface area (Å²) in [7, 11) is -0.610. The number of benzene rings is 2. The van der Waals surface area contributed by atoms with Gasteiger partial charge in [0.1, 0.15) is 16.4 Å². The summed E-state index contributed by atoms with van der Waals surface area (Å²) >= 11 is 5.78. The molecule has 2 heterocycles. The number of nitrogens with one attached hydrogen (secondary N) is 2. The normalized spacial score (nSPS) is 11.7. The number of hydrogen-bond acceptors (Lipinski definition) is 5. The number of rotatable bonds is 5. The van der Waals surface area contributed by atoms with Crippen molar-refractivity contribution < 1.29 is 17.6 Å². The Morgan fingerprint density at radius 2 is 1.73 bits per heavy atom. The summed E-state index contributed by atoms with van der Waals surface area (Å²) in [5.41, 5.74) is 2.19. The average molecular weight is 491 g/mol. The van der Waals surface area contributed by atoms with Crippen LogP contribution in [0.5, 0.6) is 0 Å². The third-order valence-electron chi connectivity index (χ3n) is 5.19. The van der Waals surface area contributed by atoms with Gasteiger partial charge in [-0.05, 0) is 50.2 Å². The monoisotopic (exact) mass is 490 g/mol. The van der Waals surface area contributed by atoms with Gasteiger partial charge in [0, 0.05) is 25.2 Å². The smallest absolute Gasteiger partial charge is 0.274 e. The van der Waals surface area contributed by atoms with Crippen molar-refractivity contribution in [1.29, 1.82) is 0 Å². The molecule has 2 N–H and O–H groups in total. The van der Waals surface area contributed by atoms with Gasteiger partial charge in [0.05, 0.1) is 27.6 Å². The van der Waals surface area contributed by atoms with Crippen molar-refractivity contribution >= 4 is 49.8 Å². The molecule has 0 fully saturated rings. The van der Waals surface area contributed by atoms with Crippen LogP contribution >= 0.6 is 11.6 Å². The Morgan fingerprint density at radius 3 is 2.36 bits per heavy atom. The zero-order valence-corrected chi connectivity index (χ0v) is 19.7. The molecule has 0 bridgehead atoms. The Labute approximate surface area is 194 Å². The van der Waals surface area contributed by atoms with Crippen molar-refractivity contribution in [1.82, 2.24) is 19.6 Å². The molecule has 1 amide bonds. The highest BCUT2D eigenvalue weighted by Gasteiger charge is 2.24. The fourth-order valence-electron chi connectivity index (χ4n) is 3.65. The average Bonchev–Trinajstić information content (AvgIpc) is 3.18. The minimum absolute atomic E-state index is 0.112. The second-order valence-corrected chi connectivity index (χ2v) is 9.54. The number of hydrogen-bond donors (Lipinski definition) is 2. The maximum atomic E-state index is 13.4. The van der Waals surface area contributed by atoms with Gasteiger partial charge in [-0.15, -0.1) is 0 Å². The molecule has 0 aliphatic heterocycles. The molecular formula is C21H20ClFN6O3S. The molecule has 2 aromatic carbocycles. The van der Waals surface area contributed by atoms with Gasteiger partial charge < -0.3 is 5.32 Å². The molecule has 0 atom stereocenters. The summed E-state index contributed by atoms with van der Waals surface area (Å²) in [5, 5.41) is 11.5. The van der Waals surface area contributed by atoms with Crippen LogP contribution in [-0.2, 0) is 24.1 Å². The van der Waals surface area contributed by atoms with E-state index >= 15 is 0 Å². The largest absolute Gasteiger partial charge is 0.321 e. The zero-order valence-electron chi connectivity index (χ0n) is 18.1. The lowest BCUT2D eigenvalue weighted by Crippen LogP contribution is -2.16. The van der Waals surface area contributed by atoms with Gasteiger partial charge in [-0.2, -0.15) is 10.2 Å². The molecule has 0 aliphatic carbocycles. The van der Waals surface area contributed by atoms with E-state index in [2.05, 4.69) is 20.2 Å². The van der Waals surface area contributed by atoms with Crippen molar-refractivity contribution in [2.45, 2.75) is 18.7 Å². The number of nitrogens with zero attached hydrogens (tertiary/aromatic N) is 4. The summed E-state index contributed by atoms with van der Waals surface area (Å²) in [4.78, 5) is 13.0. The van der Waals surface area contributed by atoms with Crippen molar-refractivity contribution in [3.63, 3.8) is 0 Å². The second-order valence-electron chi connectivity index (χ2n) is 7.52. The topological polar surface area (TPSA) is 111 Å². The molecule has 12 heteroatoms. The predicted octanol–water partition coefficient (Wildman–Crippen LogP) is 3.77. The van der Waals surface area contributed by atoms with Crippen LogP contribution < -0.4 is 10.0 Å². The Hall–Kier alpha value is -3.44. The lowest BCUT2D eigenvalue weighted by Gasteiger charge is -2.09. The number of aryl methyl sites for hydroxylation is 3. The van der Waals surface area contributed by atoms with Crippen LogP contribution in [0.1, 0.15) is 21.9 Å². The Balaban J connectivity index is 1.65. The molecule has 0 radical (unpaired) electrons. The SMILES string of the molecule is Cc1nn(C)c(C)c1S(=O)(=O)Nc1ccc2c(C(=O)Nc3ccc(F)c(Cl)c3)n(C)nc2c1. The number of fused-ring (bicyclic) bond motifs is 1. The van der Waals surface area contributed by atoms with Gasteiger partial charge in [-0.1, -0.05) is 11.6 Å². The quantitative estimate of drug-likeness (QED) is 0.442. The maximum Gasteiger partial charge on any atom is 0.274 e. The summed E-state index contributed by atoms with van der Waals surface area (Å²) in [6.07, 6.45) is 0. The fraction of sp³-hybridized carbons (Fsp3) is 0.190. The second kappa shape index (κ2) is 8.16. The van der Waals surface area contributed by atoms with Gasteiger partial charge in [0.15, 0.2) is 0 Å². The number of anilines is 2. The minimum Gasteiger partial charge on any atom is -0.321 e. The first-order chi connectivity index (χ1) is 15.5. The number of carbonyl (C=O) groups is 1. The Morgan fingerprint density at radius 1 is 1.03 bits per heavy atom. The molecule has 33 heavy (non-hydrogen) atoms. The number of aromatic nitrogens is 4. The zero-order chi connectivity index (χ0) is 24.1. The molecule has 2 aromatic heterocycles. The standard InChI is InChI=1S/C21H20ClFN6O3S/c1-11-20(12(2)28(3)25-11)33(31,32)27-14-5-7-15-18(10-14)26-29(4)19(15)21(30)24-13-6-8-17(23)16(22)9-13/h5-10,27H,1-4H3,(H,24,30). The van der Waals surface area contributed by atoms with Gasteiger partial charge in [0.2, 0.25) is 0 Å². The van der Waals surface area contributed by atoms with Crippen LogP contribution in [-0.4, -0.2) is 33.9 Å². The molecule has 0 aliphatic rings. The molecule has 172 valence electrons. The molecule has 4 rings (SSSR count). The Kier molecular flexibility index (Phi) is 5.62. The van der Waals surface area contributed by atoms with Gasteiger partial charge >= 0.3 is 0 Å². The van der Waals surface area contributed by atoms with Gasteiger partial charge in [0.25, 0.3) is 15.9 Å². The van der Waals surface area contributed by atoms with Crippen molar-refractivity contribution in [2.24, 2.45) is 14.1 Å². The Bertz CT molecular complexity index is 1530. The number of amides is 1. The van der Waals surface area contributed by atoms with E-state index in [9.17, 15) is 17.6 Å². The van der Waals surface area contributed by atoms with Crippen molar-refractivity contribution in [3.8, 4) is 0 Å². The highest BCUT2D eigenvalue weighted by Crippen LogP contribution is 2.27. The minimum atomic E-state index is -3.88. The van der Waals surface area contributed by atoms with Gasteiger partial charge in [-0.25, -0.2) is 12.8 Å². The van der Waals surface area contributed by atoms with E-state index in [0.717, 1.165) is 6.07 Å². The highest BCUT2D eigenvalue weighted by atomic mass is 35.5. The highest BCUT2D eigenvalue weighted by molar-refractivity contribution is 7.92. The van der Waals surface area contributed by atoms with E-state index in [-0.39, 0.29) is 15.6 Å². The number of carbonyl (C=O) groups excluding carboxylic acids is 1. The molecule has 0 unspecified atom stereocenters. The summed E-state index contributed by atoms with van der Waals surface area (Å²) in [5.74, 6) is -1.06. The maximum absolute atomic E-state index is 13.4. The third-order valence-corrected chi connectivity index (χ3v) is 7.11. The molecule has 0 spiro atoms. The first kappa shape index (κ1) is 22.7. The predicted molar refractivity (Wildman–Crippen MR) is 124 cm³/mol. The molecule has 0 saturated heterocycles. The summed E-state index contributed by atoms with van der Waals surface area (Å²) < 4.78 is 44.7. The van der Waals surface area contributed by atoms with Gasteiger partial charge in [-0.3, -0.25) is 18.9 Å². The molecular weight excluding hydrogens is 471 g/mol. The van der Waals surface area contributed by atoms with E-state index < -0.39 is 21.7 Å². The van der Waals surface area contributed by atoms with Crippen LogP contribution in [0.3, 0.4) is 0 Å².